The predicted octanol–water partition coefficient (Wildman–Crippen LogP) is -6.81. The molecule has 0 radical (unpaired) electrons. The van der Waals surface area contributed by atoms with Crippen LogP contribution in [0.4, 0.5) is 23.0 Å². The molecule has 0 aliphatic rings. The summed E-state index contributed by atoms with van der Waals surface area (Å²) in [7, 11) is -14.2. The predicted molar refractivity (Wildman–Crippen MR) is 159 cm³/mol. The van der Waals surface area contributed by atoms with E-state index in [0.717, 1.165) is 36.4 Å². The van der Waals surface area contributed by atoms with E-state index in [0.29, 0.717) is 0 Å². The molecule has 0 spiro atoms. The van der Waals surface area contributed by atoms with Gasteiger partial charge in [-0.15, -0.1) is 15.2 Å². The molecule has 0 atom stereocenters. The molecule has 0 saturated heterocycles. The van der Waals surface area contributed by atoms with Crippen LogP contribution in [0.3, 0.4) is 0 Å². The normalized spacial score (nSPS) is 11.9. The summed E-state index contributed by atoms with van der Waals surface area (Å²) in [4.78, 5) is 20.5. The molecule has 0 saturated carbocycles. The zero-order valence-corrected chi connectivity index (χ0v) is 35.3. The maximum absolute atomic E-state index is 13.5. The third-order valence-electron chi connectivity index (χ3n) is 6.62. The van der Waals surface area contributed by atoms with Gasteiger partial charge in [-0.1, -0.05) is 30.0 Å². The maximum atomic E-state index is 13.5. The van der Waals surface area contributed by atoms with Crippen molar-refractivity contribution in [3.8, 4) is 11.8 Å². The van der Waals surface area contributed by atoms with Crippen LogP contribution in [0.1, 0.15) is 6.92 Å². The number of aromatic amines is 1. The number of nitrogens with zero attached hydrogens (tertiary/aromatic N) is 5. The Kier molecular flexibility index (Phi) is 14.8. The molecule has 0 unspecified atom stereocenters. The van der Waals surface area contributed by atoms with Gasteiger partial charge in [-0.05, 0) is 48.0 Å². The van der Waals surface area contributed by atoms with Crippen LogP contribution in [0.25, 0.3) is 21.5 Å². The first kappa shape index (κ1) is 44.1. The van der Waals surface area contributed by atoms with Gasteiger partial charge in [0.05, 0.1) is 22.1 Å². The molecule has 0 amide bonds. The summed E-state index contributed by atoms with van der Waals surface area (Å²) in [6.45, 7) is 1.83. The Bertz CT molecular complexity index is 2540. The van der Waals surface area contributed by atoms with Crippen LogP contribution >= 0.6 is 0 Å². The van der Waals surface area contributed by atoms with Crippen molar-refractivity contribution >= 4 is 74.9 Å². The van der Waals surface area contributed by atoms with E-state index in [-0.39, 0.29) is 129 Å². The number of rotatable bonds is 9. The van der Waals surface area contributed by atoms with Crippen molar-refractivity contribution in [2.75, 3.05) is 18.6 Å². The fraction of sp³-hybridized carbons (Fsp3) is 0.115. The van der Waals surface area contributed by atoms with Gasteiger partial charge in [-0.25, -0.2) is 21.6 Å². The Morgan fingerprint density at radius 1 is 0.860 bits per heavy atom. The standard InChI is InChI=1S/C26H22N6O12S3.3Na/c1-3-44-26-28-24(27-25(34)29-26)32(2)14-7-8-15-13(11-14)12-20(46(38,39)40)21(22(15)33)31-30-18-10-9-16-17(23(18)47(41,42)43)5-4-6-19(16)45(35,36)37;;;/h4-12,33H,3H2,1-2H3,(H,35,36,37)(H,38,39,40)(H,41,42,43)(H,27,28,29,34);;;/q;3*+1/p-3. The molecule has 0 fully saturated rings. The molecule has 4 aromatic carbocycles. The van der Waals surface area contributed by atoms with Crippen molar-refractivity contribution in [2.24, 2.45) is 10.2 Å². The first-order chi connectivity index (χ1) is 21.9. The Hall–Kier alpha value is -2.06. The third kappa shape index (κ3) is 9.29. The monoisotopic (exact) mass is 772 g/mol. The van der Waals surface area contributed by atoms with Crippen LogP contribution < -0.4 is 109 Å². The quantitative estimate of drug-likeness (QED) is 0.0800. The minimum atomic E-state index is -5.42. The van der Waals surface area contributed by atoms with Gasteiger partial charge in [0.2, 0.25) is 5.95 Å². The first-order valence-electron chi connectivity index (χ1n) is 12.9. The molecule has 246 valence electrons. The van der Waals surface area contributed by atoms with Gasteiger partial charge in [-0.3, -0.25) is 9.54 Å². The molecule has 50 heavy (non-hydrogen) atoms. The first-order valence-corrected chi connectivity index (χ1v) is 17.1. The zero-order valence-electron chi connectivity index (χ0n) is 26.8. The Morgan fingerprint density at radius 2 is 1.50 bits per heavy atom. The molecule has 1 aromatic heterocycles. The number of ether oxygens (including phenoxy) is 1. The zero-order chi connectivity index (χ0) is 34.5. The number of fused-ring (bicyclic) bond motifs is 2. The van der Waals surface area contributed by atoms with Gasteiger partial charge in [0.25, 0.3) is 10.1 Å². The number of anilines is 2. The second-order valence-electron chi connectivity index (χ2n) is 9.56. The topological polar surface area (TPSA) is 288 Å². The van der Waals surface area contributed by atoms with Crippen molar-refractivity contribution in [1.29, 1.82) is 0 Å². The van der Waals surface area contributed by atoms with Gasteiger partial charge in [0.1, 0.15) is 30.8 Å². The van der Waals surface area contributed by atoms with E-state index >= 15 is 0 Å². The van der Waals surface area contributed by atoms with Crippen LogP contribution in [0.2, 0.25) is 0 Å². The van der Waals surface area contributed by atoms with E-state index in [2.05, 4.69) is 25.2 Å². The minimum Gasteiger partial charge on any atom is -0.871 e. The molecule has 0 aliphatic heterocycles. The van der Waals surface area contributed by atoms with Crippen LogP contribution in [0.5, 0.6) is 11.8 Å². The number of H-pyrrole nitrogens is 1. The van der Waals surface area contributed by atoms with Crippen molar-refractivity contribution in [3.63, 3.8) is 0 Å². The third-order valence-corrected chi connectivity index (χ3v) is 9.31. The molecule has 5 aromatic rings. The SMILES string of the molecule is CCOc1nc(N(C)c2ccc3c([O-])c(N=Nc4ccc5c(S(=O)(=O)[O-])cccc5c4S(=O)(=O)O)c(S(=O)(=O)[O-])cc3c2)[nH]c(=O)n1.[Na+].[Na+].[Na+]. The van der Waals surface area contributed by atoms with Crippen molar-refractivity contribution < 1.29 is 137 Å². The number of nitrogens with one attached hydrogen (secondary N) is 1. The van der Waals surface area contributed by atoms with Crippen molar-refractivity contribution in [3.05, 3.63) is 65.1 Å². The fourth-order valence-corrected chi connectivity index (χ4v) is 6.77. The number of hydrogen-bond acceptors (Lipinski definition) is 16. The van der Waals surface area contributed by atoms with E-state index in [9.17, 15) is 48.8 Å². The summed E-state index contributed by atoms with van der Waals surface area (Å²) in [6.07, 6.45) is 0. The minimum absolute atomic E-state index is 0. The van der Waals surface area contributed by atoms with Gasteiger partial charge < -0.3 is 23.8 Å². The summed E-state index contributed by atoms with van der Waals surface area (Å²) >= 11 is 0. The molecule has 24 heteroatoms. The van der Waals surface area contributed by atoms with Crippen LogP contribution in [-0.2, 0) is 30.4 Å². The van der Waals surface area contributed by atoms with E-state index in [4.69, 9.17) is 4.74 Å². The number of hydrogen-bond donors (Lipinski definition) is 2. The van der Waals surface area contributed by atoms with Crippen LogP contribution in [0, 0.1) is 0 Å². The molecule has 5 rings (SSSR count). The molecular formula is C26H19N6Na3O12S3. The summed E-state index contributed by atoms with van der Waals surface area (Å²) in [6, 6.07) is 9.48. The van der Waals surface area contributed by atoms with E-state index in [1.165, 1.54) is 30.1 Å². The molecule has 2 N–H and O–H groups in total. The summed E-state index contributed by atoms with van der Waals surface area (Å²) < 4.78 is 112. The Balaban J connectivity index is 0.00000289. The number of benzene rings is 4. The van der Waals surface area contributed by atoms with E-state index in [1.807, 2.05) is 0 Å². The Morgan fingerprint density at radius 3 is 2.10 bits per heavy atom. The largest absolute Gasteiger partial charge is 1.00 e. The number of aromatic nitrogens is 3. The van der Waals surface area contributed by atoms with Crippen molar-refractivity contribution in [2.45, 2.75) is 21.6 Å². The van der Waals surface area contributed by atoms with Gasteiger partial charge in [0.15, 0.2) is 0 Å². The average molecular weight is 773 g/mol. The van der Waals surface area contributed by atoms with Crippen LogP contribution in [0.15, 0.2) is 84.3 Å². The van der Waals surface area contributed by atoms with Gasteiger partial charge >= 0.3 is 100 Å². The van der Waals surface area contributed by atoms with E-state index in [1.54, 1.807) is 6.92 Å². The maximum Gasteiger partial charge on any atom is 1.00 e. The van der Waals surface area contributed by atoms with Crippen LogP contribution in [-0.4, -0.2) is 67.5 Å². The van der Waals surface area contributed by atoms with E-state index < -0.39 is 73.2 Å². The number of azo groups is 1. The fourth-order valence-electron chi connectivity index (χ4n) is 4.61. The average Bonchev–Trinajstić information content (AvgIpc) is 2.97. The molecule has 0 bridgehead atoms. The smallest absolute Gasteiger partial charge is 0.871 e. The summed E-state index contributed by atoms with van der Waals surface area (Å²) in [5.74, 6) is -1.12. The summed E-state index contributed by atoms with van der Waals surface area (Å²) in [5, 5.41) is 19.6. The second kappa shape index (κ2) is 16.7. The van der Waals surface area contributed by atoms with Crippen molar-refractivity contribution in [1.82, 2.24) is 15.0 Å². The Labute approximate surface area is 350 Å². The second-order valence-corrected chi connectivity index (χ2v) is 13.6. The summed E-state index contributed by atoms with van der Waals surface area (Å²) in [5.41, 5.74) is -2.18. The van der Waals surface area contributed by atoms with Gasteiger partial charge in [0, 0.05) is 23.5 Å². The molecular weight excluding hydrogens is 753 g/mol. The molecule has 0 aliphatic carbocycles. The molecule has 18 nitrogen and oxygen atoms in total. The molecule has 1 heterocycles. The van der Waals surface area contributed by atoms with Gasteiger partial charge in [-0.2, -0.15) is 13.4 Å².